The van der Waals surface area contributed by atoms with Crippen LogP contribution in [0.5, 0.6) is 0 Å². The molecule has 0 aliphatic carbocycles. The third-order valence-electron chi connectivity index (χ3n) is 4.73. The van der Waals surface area contributed by atoms with E-state index in [1.165, 1.54) is 12.7 Å². The molecule has 2 aromatic rings. The summed E-state index contributed by atoms with van der Waals surface area (Å²) >= 11 is 0. The minimum absolute atomic E-state index is 0.338. The van der Waals surface area contributed by atoms with Gasteiger partial charge in [-0.3, -0.25) is 4.90 Å². The lowest BCUT2D eigenvalue weighted by Crippen LogP contribution is -2.35. The van der Waals surface area contributed by atoms with Gasteiger partial charge in [0.2, 0.25) is 0 Å². The summed E-state index contributed by atoms with van der Waals surface area (Å²) in [5.41, 5.74) is 2.76. The number of rotatable bonds is 8. The van der Waals surface area contributed by atoms with Gasteiger partial charge >= 0.3 is 5.97 Å². The maximum atomic E-state index is 12.2. The predicted octanol–water partition coefficient (Wildman–Crippen LogP) is 2.11. The number of methoxy groups -OCH3 is 1. The highest BCUT2D eigenvalue weighted by atomic mass is 32.2. The van der Waals surface area contributed by atoms with Crippen molar-refractivity contribution in [1.29, 1.82) is 0 Å². The zero-order valence-corrected chi connectivity index (χ0v) is 17.2. The minimum atomic E-state index is -0.338. The molecular formula is C20H29N2O4S+. The van der Waals surface area contributed by atoms with E-state index in [1.807, 2.05) is 10.6 Å². The van der Waals surface area contributed by atoms with E-state index < -0.39 is 0 Å². The second-order valence-corrected chi connectivity index (χ2v) is 9.34. The van der Waals surface area contributed by atoms with E-state index in [0.717, 1.165) is 49.5 Å². The van der Waals surface area contributed by atoms with E-state index in [-0.39, 0.29) is 5.97 Å². The van der Waals surface area contributed by atoms with Gasteiger partial charge in [0.25, 0.3) is 0 Å². The molecule has 1 aliphatic rings. The number of benzene rings is 1. The molecule has 0 amide bonds. The molecule has 0 saturated carbocycles. The summed E-state index contributed by atoms with van der Waals surface area (Å²) in [4.78, 5) is 14.6. The van der Waals surface area contributed by atoms with Gasteiger partial charge in [0.05, 0.1) is 45.0 Å². The van der Waals surface area contributed by atoms with E-state index in [1.54, 1.807) is 0 Å². The van der Waals surface area contributed by atoms with E-state index in [2.05, 4.69) is 35.6 Å². The molecule has 0 unspecified atom stereocenters. The number of aromatic nitrogens is 1. The molecule has 0 atom stereocenters. The number of ether oxygens (including phenoxy) is 3. The van der Waals surface area contributed by atoms with Crippen LogP contribution in [0.4, 0.5) is 0 Å². The molecule has 1 saturated heterocycles. The van der Waals surface area contributed by atoms with Crippen molar-refractivity contribution in [1.82, 2.24) is 9.47 Å². The molecule has 1 aromatic heterocycles. The molecule has 0 bridgehead atoms. The Labute approximate surface area is 163 Å². The first kappa shape index (κ1) is 20.2. The Bertz CT molecular complexity index is 769. The fourth-order valence-corrected chi connectivity index (χ4v) is 3.66. The van der Waals surface area contributed by atoms with Crippen LogP contribution in [0.3, 0.4) is 0 Å². The Morgan fingerprint density at radius 2 is 2.00 bits per heavy atom. The quantitative estimate of drug-likeness (QED) is 0.391. The summed E-state index contributed by atoms with van der Waals surface area (Å²) in [6, 6.07) is 8.24. The van der Waals surface area contributed by atoms with Gasteiger partial charge in [0.1, 0.15) is 18.2 Å². The lowest BCUT2D eigenvalue weighted by Gasteiger charge is -2.26. The lowest BCUT2D eigenvalue weighted by atomic mass is 10.1. The van der Waals surface area contributed by atoms with Crippen LogP contribution in [-0.4, -0.2) is 73.7 Å². The number of fused-ring (bicyclic) bond motifs is 1. The maximum Gasteiger partial charge on any atom is 0.354 e. The van der Waals surface area contributed by atoms with Crippen molar-refractivity contribution in [2.75, 3.05) is 58.3 Å². The largest absolute Gasteiger partial charge is 0.464 e. The fourth-order valence-electron chi connectivity index (χ4n) is 3.21. The SMILES string of the molecule is COC(=O)c1cc2ccc(CN3CCOCC3)cc2n1COCC[S+](C)C. The first-order chi connectivity index (χ1) is 13.1. The fraction of sp³-hybridized carbons (Fsp3) is 0.550. The molecular weight excluding hydrogens is 364 g/mol. The highest BCUT2D eigenvalue weighted by Gasteiger charge is 2.18. The second-order valence-electron chi connectivity index (χ2n) is 6.96. The Morgan fingerprint density at radius 1 is 1.22 bits per heavy atom. The van der Waals surface area contributed by atoms with Crippen LogP contribution in [-0.2, 0) is 38.4 Å². The average molecular weight is 394 g/mol. The van der Waals surface area contributed by atoms with Crippen LogP contribution in [0.25, 0.3) is 10.9 Å². The van der Waals surface area contributed by atoms with E-state index in [9.17, 15) is 4.79 Å². The number of hydrogen-bond acceptors (Lipinski definition) is 5. The molecule has 27 heavy (non-hydrogen) atoms. The standard InChI is InChI=1S/C20H29N2O4S/c1-24-20(23)19-13-17-5-4-16(14-21-6-8-25-9-7-21)12-18(17)22(19)15-26-10-11-27(2)3/h4-5,12-13H,6-11,14-15H2,1-3H3/q+1. The summed E-state index contributed by atoms with van der Waals surface area (Å²) in [5, 5.41) is 1.02. The molecule has 0 N–H and O–H groups in total. The van der Waals surface area contributed by atoms with Crippen molar-refractivity contribution in [3.8, 4) is 0 Å². The molecule has 1 aromatic carbocycles. The molecule has 6 nitrogen and oxygen atoms in total. The Kier molecular flexibility index (Phi) is 7.18. The summed E-state index contributed by atoms with van der Waals surface area (Å²) in [5.74, 6) is 0.685. The normalized spacial score (nSPS) is 15.6. The van der Waals surface area contributed by atoms with Gasteiger partial charge in [-0.25, -0.2) is 4.79 Å². The van der Waals surface area contributed by atoms with Crippen LogP contribution < -0.4 is 0 Å². The number of morpholine rings is 1. The minimum Gasteiger partial charge on any atom is -0.464 e. The molecule has 0 radical (unpaired) electrons. The van der Waals surface area contributed by atoms with Crippen molar-refractivity contribution in [3.05, 3.63) is 35.5 Å². The molecule has 7 heteroatoms. The number of hydrogen-bond donors (Lipinski definition) is 0. The van der Waals surface area contributed by atoms with Crippen LogP contribution in [0.1, 0.15) is 16.1 Å². The van der Waals surface area contributed by atoms with Crippen molar-refractivity contribution in [2.24, 2.45) is 0 Å². The van der Waals surface area contributed by atoms with Crippen molar-refractivity contribution in [3.63, 3.8) is 0 Å². The van der Waals surface area contributed by atoms with E-state index in [0.29, 0.717) is 29.9 Å². The second kappa shape index (κ2) is 9.59. The van der Waals surface area contributed by atoms with Crippen molar-refractivity contribution >= 4 is 27.8 Å². The van der Waals surface area contributed by atoms with Crippen LogP contribution >= 0.6 is 0 Å². The number of carbonyl (C=O) groups excluding carboxylic acids is 1. The third kappa shape index (κ3) is 5.25. The maximum absolute atomic E-state index is 12.2. The monoisotopic (exact) mass is 393 g/mol. The van der Waals surface area contributed by atoms with Gasteiger partial charge < -0.3 is 18.8 Å². The molecule has 148 valence electrons. The average Bonchev–Trinajstić information content (AvgIpc) is 3.03. The molecule has 1 fully saturated rings. The summed E-state index contributed by atoms with van der Waals surface area (Å²) < 4.78 is 18.2. The number of nitrogens with zero attached hydrogens (tertiary/aromatic N) is 2. The van der Waals surface area contributed by atoms with E-state index >= 15 is 0 Å². The smallest absolute Gasteiger partial charge is 0.354 e. The van der Waals surface area contributed by atoms with Crippen LogP contribution in [0, 0.1) is 0 Å². The summed E-state index contributed by atoms with van der Waals surface area (Å²) in [7, 11) is 1.76. The third-order valence-corrected chi connectivity index (χ3v) is 5.71. The van der Waals surface area contributed by atoms with Gasteiger partial charge in [-0.05, 0) is 28.6 Å². The van der Waals surface area contributed by atoms with Crippen molar-refractivity contribution < 1.29 is 19.0 Å². The number of carbonyl (C=O) groups is 1. The highest BCUT2D eigenvalue weighted by Crippen LogP contribution is 2.23. The zero-order chi connectivity index (χ0) is 19.2. The van der Waals surface area contributed by atoms with Gasteiger partial charge in [0.15, 0.2) is 0 Å². The molecule has 2 heterocycles. The topological polar surface area (TPSA) is 52.9 Å². The summed E-state index contributed by atoms with van der Waals surface area (Å²) in [6.07, 6.45) is 4.40. The first-order valence-corrected chi connectivity index (χ1v) is 11.4. The molecule has 0 spiro atoms. The van der Waals surface area contributed by atoms with Gasteiger partial charge in [-0.1, -0.05) is 12.1 Å². The van der Waals surface area contributed by atoms with Crippen LogP contribution in [0.15, 0.2) is 24.3 Å². The Hall–Kier alpha value is -1.54. The molecule has 1 aliphatic heterocycles. The predicted molar refractivity (Wildman–Crippen MR) is 109 cm³/mol. The lowest BCUT2D eigenvalue weighted by molar-refractivity contribution is 0.0342. The van der Waals surface area contributed by atoms with Crippen LogP contribution in [0.2, 0.25) is 0 Å². The Morgan fingerprint density at radius 3 is 2.70 bits per heavy atom. The zero-order valence-electron chi connectivity index (χ0n) is 16.4. The highest BCUT2D eigenvalue weighted by molar-refractivity contribution is 7.95. The van der Waals surface area contributed by atoms with Gasteiger partial charge in [-0.15, -0.1) is 0 Å². The molecule has 3 rings (SSSR count). The first-order valence-electron chi connectivity index (χ1n) is 9.21. The summed E-state index contributed by atoms with van der Waals surface area (Å²) in [6.45, 7) is 5.39. The van der Waals surface area contributed by atoms with Gasteiger partial charge in [-0.2, -0.15) is 0 Å². The van der Waals surface area contributed by atoms with Crippen molar-refractivity contribution in [2.45, 2.75) is 13.3 Å². The Balaban J connectivity index is 1.83. The number of esters is 1. The van der Waals surface area contributed by atoms with Gasteiger partial charge in [0, 0.05) is 25.0 Å². The van der Waals surface area contributed by atoms with E-state index in [4.69, 9.17) is 14.2 Å².